The van der Waals surface area contributed by atoms with E-state index in [-0.39, 0.29) is 5.91 Å². The Labute approximate surface area is 125 Å². The molecule has 0 aliphatic heterocycles. The van der Waals surface area contributed by atoms with Gasteiger partial charge >= 0.3 is 0 Å². The molecule has 0 aliphatic carbocycles. The van der Waals surface area contributed by atoms with Gasteiger partial charge in [-0.2, -0.15) is 0 Å². The first-order valence-electron chi connectivity index (χ1n) is 6.04. The minimum atomic E-state index is -0.0525. The average molecular weight is 339 g/mol. The summed E-state index contributed by atoms with van der Waals surface area (Å²) in [5, 5.41) is 8.11. The van der Waals surface area contributed by atoms with Crippen LogP contribution < -0.4 is 10.6 Å². The van der Waals surface area contributed by atoms with Crippen LogP contribution in [0.1, 0.15) is 22.2 Å². The molecule has 0 unspecified atom stereocenters. The lowest BCUT2D eigenvalue weighted by Crippen LogP contribution is -2.22. The van der Waals surface area contributed by atoms with Crippen molar-refractivity contribution in [2.45, 2.75) is 13.5 Å². The molecular weight excluding hydrogens is 324 g/mol. The molecule has 19 heavy (non-hydrogen) atoms. The topological polar surface area (TPSA) is 41.1 Å². The summed E-state index contributed by atoms with van der Waals surface area (Å²) in [6, 6.07) is 9.48. The van der Waals surface area contributed by atoms with Crippen molar-refractivity contribution in [3.63, 3.8) is 0 Å². The number of hydrogen-bond acceptors (Lipinski definition) is 3. The fourth-order valence-electron chi connectivity index (χ4n) is 1.66. The highest BCUT2D eigenvalue weighted by Gasteiger charge is 2.07. The summed E-state index contributed by atoms with van der Waals surface area (Å²) in [7, 11) is 0. The molecular formula is C14H15BrN2OS. The van der Waals surface area contributed by atoms with Crippen LogP contribution in [0.3, 0.4) is 0 Å². The lowest BCUT2D eigenvalue weighted by Gasteiger charge is -2.06. The van der Waals surface area contributed by atoms with Crippen LogP contribution in [0, 0.1) is 0 Å². The number of thiophene rings is 1. The molecule has 1 heterocycles. The molecule has 1 amide bonds. The fraction of sp³-hybridized carbons (Fsp3) is 0.214. The second-order valence-electron chi connectivity index (χ2n) is 3.98. The summed E-state index contributed by atoms with van der Waals surface area (Å²) >= 11 is 5.07. The number of hydrogen-bond donors (Lipinski definition) is 2. The van der Waals surface area contributed by atoms with Gasteiger partial charge < -0.3 is 10.6 Å². The molecule has 1 aromatic carbocycles. The first-order valence-corrected chi connectivity index (χ1v) is 7.72. The number of carbonyl (C=O) groups excluding carboxylic acids is 1. The van der Waals surface area contributed by atoms with Crippen LogP contribution in [0.5, 0.6) is 0 Å². The van der Waals surface area contributed by atoms with Crippen molar-refractivity contribution in [3.05, 3.63) is 50.6 Å². The van der Waals surface area contributed by atoms with Crippen LogP contribution in [-0.2, 0) is 6.54 Å². The van der Waals surface area contributed by atoms with Crippen LogP contribution >= 0.6 is 27.3 Å². The quantitative estimate of drug-likeness (QED) is 0.868. The summed E-state index contributed by atoms with van der Waals surface area (Å²) in [6.07, 6.45) is 0. The molecule has 0 saturated carbocycles. The highest BCUT2D eigenvalue weighted by Crippen LogP contribution is 2.22. The Hall–Kier alpha value is -1.33. The number of anilines is 1. The summed E-state index contributed by atoms with van der Waals surface area (Å²) in [5.41, 5.74) is 1.70. The molecule has 0 fully saturated rings. The lowest BCUT2D eigenvalue weighted by molar-refractivity contribution is 0.0951. The maximum Gasteiger partial charge on any atom is 0.251 e. The number of carbonyl (C=O) groups is 1. The van der Waals surface area contributed by atoms with Gasteiger partial charge in [0.1, 0.15) is 0 Å². The third kappa shape index (κ3) is 3.81. The maximum absolute atomic E-state index is 12.0. The molecule has 0 saturated heterocycles. The highest BCUT2D eigenvalue weighted by molar-refractivity contribution is 9.10. The Kier molecular flexibility index (Phi) is 4.99. The highest BCUT2D eigenvalue weighted by atomic mass is 79.9. The van der Waals surface area contributed by atoms with E-state index in [2.05, 4.69) is 26.6 Å². The molecule has 2 rings (SSSR count). The first-order chi connectivity index (χ1) is 9.20. The Bertz CT molecular complexity index is 551. The average Bonchev–Trinajstić information content (AvgIpc) is 2.83. The normalized spacial score (nSPS) is 10.2. The molecule has 5 heteroatoms. The SMILES string of the molecule is CCNc1ccc(C(=O)NCc2sccc2Br)cc1. The molecule has 0 bridgehead atoms. The van der Waals surface area contributed by atoms with E-state index < -0.39 is 0 Å². The van der Waals surface area contributed by atoms with Crippen molar-refractivity contribution in [3.8, 4) is 0 Å². The smallest absolute Gasteiger partial charge is 0.251 e. The molecule has 3 nitrogen and oxygen atoms in total. The van der Waals surface area contributed by atoms with E-state index in [4.69, 9.17) is 0 Å². The van der Waals surface area contributed by atoms with Gasteiger partial charge in [-0.3, -0.25) is 4.79 Å². The number of nitrogens with one attached hydrogen (secondary N) is 2. The number of amides is 1. The van der Waals surface area contributed by atoms with Gasteiger partial charge in [-0.05, 0) is 58.6 Å². The van der Waals surface area contributed by atoms with Gasteiger partial charge in [0.15, 0.2) is 0 Å². The van der Waals surface area contributed by atoms with E-state index in [9.17, 15) is 4.79 Å². The second kappa shape index (κ2) is 6.73. The molecule has 0 radical (unpaired) electrons. The minimum Gasteiger partial charge on any atom is -0.385 e. The summed E-state index contributed by atoms with van der Waals surface area (Å²) in [5.74, 6) is -0.0525. The van der Waals surface area contributed by atoms with Crippen LogP contribution in [0.15, 0.2) is 40.2 Å². The largest absolute Gasteiger partial charge is 0.385 e. The fourth-order valence-corrected chi connectivity index (χ4v) is 3.09. The zero-order valence-electron chi connectivity index (χ0n) is 10.6. The van der Waals surface area contributed by atoms with Crippen LogP contribution in [0.25, 0.3) is 0 Å². The van der Waals surface area contributed by atoms with Crippen molar-refractivity contribution in [1.82, 2.24) is 5.32 Å². The number of halogens is 1. The first kappa shape index (κ1) is 14.1. The van der Waals surface area contributed by atoms with E-state index in [1.165, 1.54) is 0 Å². The van der Waals surface area contributed by atoms with Gasteiger partial charge in [-0.15, -0.1) is 11.3 Å². The molecule has 100 valence electrons. The molecule has 1 aromatic heterocycles. The van der Waals surface area contributed by atoms with Gasteiger partial charge in [-0.1, -0.05) is 0 Å². The molecule has 0 aliphatic rings. The van der Waals surface area contributed by atoms with Crippen molar-refractivity contribution >= 4 is 38.9 Å². The van der Waals surface area contributed by atoms with Gasteiger partial charge in [-0.25, -0.2) is 0 Å². The minimum absolute atomic E-state index is 0.0525. The monoisotopic (exact) mass is 338 g/mol. The standard InChI is InChI=1S/C14H15BrN2OS/c1-2-16-11-5-3-10(4-6-11)14(18)17-9-13-12(15)7-8-19-13/h3-8,16H,2,9H2,1H3,(H,17,18). The Morgan fingerprint density at radius 3 is 2.58 bits per heavy atom. The number of benzene rings is 1. The Morgan fingerprint density at radius 2 is 2.00 bits per heavy atom. The zero-order chi connectivity index (χ0) is 13.7. The number of rotatable bonds is 5. The summed E-state index contributed by atoms with van der Waals surface area (Å²) in [4.78, 5) is 13.1. The molecule has 0 atom stereocenters. The van der Waals surface area contributed by atoms with E-state index in [1.807, 2.05) is 42.6 Å². The third-order valence-corrected chi connectivity index (χ3v) is 4.55. The molecule has 2 N–H and O–H groups in total. The Balaban J connectivity index is 1.94. The van der Waals surface area contributed by atoms with Crippen molar-refractivity contribution < 1.29 is 4.79 Å². The predicted octanol–water partition coefficient (Wildman–Crippen LogP) is 3.87. The lowest BCUT2D eigenvalue weighted by atomic mass is 10.2. The van der Waals surface area contributed by atoms with Crippen LogP contribution in [-0.4, -0.2) is 12.5 Å². The second-order valence-corrected chi connectivity index (χ2v) is 5.84. The maximum atomic E-state index is 12.0. The summed E-state index contributed by atoms with van der Waals surface area (Å²) < 4.78 is 1.04. The van der Waals surface area contributed by atoms with Gasteiger partial charge in [0.25, 0.3) is 5.91 Å². The Morgan fingerprint density at radius 1 is 1.26 bits per heavy atom. The van der Waals surface area contributed by atoms with Crippen LogP contribution in [0.2, 0.25) is 0 Å². The van der Waals surface area contributed by atoms with Crippen molar-refractivity contribution in [1.29, 1.82) is 0 Å². The van der Waals surface area contributed by atoms with E-state index in [0.29, 0.717) is 12.1 Å². The van der Waals surface area contributed by atoms with E-state index >= 15 is 0 Å². The van der Waals surface area contributed by atoms with E-state index in [1.54, 1.807) is 11.3 Å². The van der Waals surface area contributed by atoms with Gasteiger partial charge in [0, 0.05) is 27.1 Å². The molecule has 0 spiro atoms. The molecule has 2 aromatic rings. The van der Waals surface area contributed by atoms with Gasteiger partial charge in [0.2, 0.25) is 0 Å². The predicted molar refractivity (Wildman–Crippen MR) is 83.8 cm³/mol. The zero-order valence-corrected chi connectivity index (χ0v) is 13.0. The van der Waals surface area contributed by atoms with Crippen LogP contribution in [0.4, 0.5) is 5.69 Å². The van der Waals surface area contributed by atoms with Crippen molar-refractivity contribution in [2.24, 2.45) is 0 Å². The van der Waals surface area contributed by atoms with Crippen molar-refractivity contribution in [2.75, 3.05) is 11.9 Å². The third-order valence-electron chi connectivity index (χ3n) is 2.63. The van der Waals surface area contributed by atoms with E-state index in [0.717, 1.165) is 21.6 Å². The summed E-state index contributed by atoms with van der Waals surface area (Å²) in [6.45, 7) is 3.46. The van der Waals surface area contributed by atoms with Gasteiger partial charge in [0.05, 0.1) is 6.54 Å².